The van der Waals surface area contributed by atoms with E-state index in [2.05, 4.69) is 18.8 Å². The van der Waals surface area contributed by atoms with Crippen molar-refractivity contribution in [1.29, 1.82) is 0 Å². The van der Waals surface area contributed by atoms with Gasteiger partial charge in [0, 0.05) is 23.9 Å². The van der Waals surface area contributed by atoms with E-state index in [1.54, 1.807) is 6.07 Å². The lowest BCUT2D eigenvalue weighted by Crippen LogP contribution is -2.29. The molecule has 0 spiro atoms. The Labute approximate surface area is 102 Å². The second-order valence-corrected chi connectivity index (χ2v) is 6.15. The highest BCUT2D eigenvalue weighted by molar-refractivity contribution is 7.89. The van der Waals surface area contributed by atoms with Crippen LogP contribution in [0.2, 0.25) is 0 Å². The van der Waals surface area contributed by atoms with Gasteiger partial charge in [-0.3, -0.25) is 4.98 Å². The molecule has 17 heavy (non-hydrogen) atoms. The molecule has 0 amide bonds. The number of pyridine rings is 1. The zero-order chi connectivity index (χ0) is 13.2. The molecule has 0 fully saturated rings. The highest BCUT2D eigenvalue weighted by Crippen LogP contribution is 2.25. The monoisotopic (exact) mass is 257 g/mol. The Morgan fingerprint density at radius 1 is 1.24 bits per heavy atom. The number of nitrogens with two attached hydrogens (primary N) is 2. The van der Waals surface area contributed by atoms with Gasteiger partial charge in [-0.25, -0.2) is 13.6 Å². The summed E-state index contributed by atoms with van der Waals surface area (Å²) in [4.78, 5) is 4.17. The minimum Gasteiger partial charge on any atom is -0.327 e. The Morgan fingerprint density at radius 3 is 2.12 bits per heavy atom. The summed E-state index contributed by atoms with van der Waals surface area (Å²) in [5.74, 6) is 0.437. The molecule has 4 N–H and O–H groups in total. The molecule has 0 aliphatic rings. The maximum absolute atomic E-state index is 11.1. The first kappa shape index (κ1) is 14.1. The SMILES string of the molecule is CC(C)C(c1ccc(S(N)(=O)=O)cn1)C(C)N. The van der Waals surface area contributed by atoms with Crippen molar-refractivity contribution in [3.05, 3.63) is 24.0 Å². The fraction of sp³-hybridized carbons (Fsp3) is 0.545. The van der Waals surface area contributed by atoms with Gasteiger partial charge in [0.25, 0.3) is 0 Å². The second kappa shape index (κ2) is 5.12. The summed E-state index contributed by atoms with van der Waals surface area (Å²) in [6.45, 7) is 6.03. The quantitative estimate of drug-likeness (QED) is 0.834. The van der Waals surface area contributed by atoms with E-state index in [4.69, 9.17) is 10.9 Å². The number of nitrogens with zero attached hydrogens (tertiary/aromatic N) is 1. The van der Waals surface area contributed by atoms with Crippen LogP contribution in [-0.4, -0.2) is 19.4 Å². The summed E-state index contributed by atoms with van der Waals surface area (Å²) >= 11 is 0. The number of hydrogen-bond acceptors (Lipinski definition) is 4. The van der Waals surface area contributed by atoms with Crippen LogP contribution in [0.5, 0.6) is 0 Å². The van der Waals surface area contributed by atoms with Gasteiger partial charge in [0.1, 0.15) is 4.90 Å². The molecule has 2 atom stereocenters. The van der Waals surface area contributed by atoms with Crippen molar-refractivity contribution in [3.8, 4) is 0 Å². The molecule has 0 radical (unpaired) electrons. The van der Waals surface area contributed by atoms with Gasteiger partial charge in [-0.1, -0.05) is 13.8 Å². The average Bonchev–Trinajstić information content (AvgIpc) is 2.15. The van der Waals surface area contributed by atoms with Gasteiger partial charge in [-0.2, -0.15) is 0 Å². The zero-order valence-corrected chi connectivity index (χ0v) is 11.1. The van der Waals surface area contributed by atoms with E-state index < -0.39 is 10.0 Å². The van der Waals surface area contributed by atoms with Crippen molar-refractivity contribution >= 4 is 10.0 Å². The minimum atomic E-state index is -3.68. The van der Waals surface area contributed by atoms with E-state index in [1.807, 2.05) is 6.92 Å². The van der Waals surface area contributed by atoms with E-state index in [1.165, 1.54) is 12.3 Å². The van der Waals surface area contributed by atoms with Crippen molar-refractivity contribution < 1.29 is 8.42 Å². The standard InChI is InChI=1S/C11H19N3O2S/c1-7(2)11(8(3)12)10-5-4-9(6-14-10)17(13,15)16/h4-8,11H,12H2,1-3H3,(H2,13,15,16). The molecule has 0 saturated heterocycles. The topological polar surface area (TPSA) is 99.1 Å². The lowest BCUT2D eigenvalue weighted by atomic mass is 9.86. The zero-order valence-electron chi connectivity index (χ0n) is 10.3. The third kappa shape index (κ3) is 3.49. The van der Waals surface area contributed by atoms with Crippen molar-refractivity contribution in [2.24, 2.45) is 16.8 Å². The third-order valence-electron chi connectivity index (χ3n) is 2.71. The molecule has 0 aromatic carbocycles. The first-order valence-corrected chi connectivity index (χ1v) is 7.02. The molecule has 1 aromatic rings. The highest BCUT2D eigenvalue weighted by atomic mass is 32.2. The van der Waals surface area contributed by atoms with Gasteiger partial charge in [0.15, 0.2) is 0 Å². The van der Waals surface area contributed by atoms with Crippen LogP contribution in [-0.2, 0) is 10.0 Å². The first-order chi connectivity index (χ1) is 7.73. The molecule has 0 bridgehead atoms. The minimum absolute atomic E-state index is 0.0217. The van der Waals surface area contributed by atoms with E-state index >= 15 is 0 Å². The molecule has 0 saturated carbocycles. The maximum atomic E-state index is 11.1. The van der Waals surface area contributed by atoms with Crippen LogP contribution in [0.4, 0.5) is 0 Å². The fourth-order valence-electron chi connectivity index (χ4n) is 1.98. The van der Waals surface area contributed by atoms with E-state index in [-0.39, 0.29) is 16.9 Å². The van der Waals surface area contributed by atoms with Crippen LogP contribution in [0.25, 0.3) is 0 Å². The summed E-state index contributed by atoms with van der Waals surface area (Å²) in [5, 5.41) is 5.01. The van der Waals surface area contributed by atoms with Crippen LogP contribution in [0, 0.1) is 5.92 Å². The summed E-state index contributed by atoms with van der Waals surface area (Å²) in [6.07, 6.45) is 1.28. The average molecular weight is 257 g/mol. The second-order valence-electron chi connectivity index (χ2n) is 4.59. The summed E-state index contributed by atoms with van der Waals surface area (Å²) in [7, 11) is -3.68. The van der Waals surface area contributed by atoms with Crippen LogP contribution < -0.4 is 10.9 Å². The molecule has 96 valence electrons. The summed E-state index contributed by atoms with van der Waals surface area (Å²) in [6, 6.07) is 3.10. The molecular weight excluding hydrogens is 238 g/mol. The molecule has 1 aromatic heterocycles. The van der Waals surface area contributed by atoms with Gasteiger partial charge >= 0.3 is 0 Å². The largest absolute Gasteiger partial charge is 0.327 e. The van der Waals surface area contributed by atoms with Crippen molar-refractivity contribution in [2.75, 3.05) is 0 Å². The highest BCUT2D eigenvalue weighted by Gasteiger charge is 2.21. The number of rotatable bonds is 4. The Hall–Kier alpha value is -0.980. The Morgan fingerprint density at radius 2 is 1.82 bits per heavy atom. The Bertz CT molecular complexity index is 458. The Kier molecular flexibility index (Phi) is 4.24. The smallest absolute Gasteiger partial charge is 0.239 e. The van der Waals surface area contributed by atoms with Gasteiger partial charge in [0.2, 0.25) is 10.0 Å². The van der Waals surface area contributed by atoms with Crippen LogP contribution in [0.15, 0.2) is 23.2 Å². The van der Waals surface area contributed by atoms with Crippen LogP contribution in [0.1, 0.15) is 32.4 Å². The molecule has 0 aliphatic carbocycles. The molecule has 6 heteroatoms. The van der Waals surface area contributed by atoms with E-state index in [0.29, 0.717) is 5.92 Å². The van der Waals surface area contributed by atoms with Crippen molar-refractivity contribution in [1.82, 2.24) is 4.98 Å². The van der Waals surface area contributed by atoms with Crippen molar-refractivity contribution in [3.63, 3.8) is 0 Å². The predicted octanol–water partition coefficient (Wildman–Crippen LogP) is 0.816. The number of primary sulfonamides is 1. The maximum Gasteiger partial charge on any atom is 0.239 e. The molecule has 1 heterocycles. The molecule has 1 rings (SSSR count). The van der Waals surface area contributed by atoms with Crippen LogP contribution >= 0.6 is 0 Å². The summed E-state index contributed by atoms with van der Waals surface area (Å²) in [5.41, 5.74) is 6.70. The lowest BCUT2D eigenvalue weighted by molar-refractivity contribution is 0.426. The molecule has 2 unspecified atom stereocenters. The van der Waals surface area contributed by atoms with Gasteiger partial charge in [-0.05, 0) is 25.0 Å². The number of hydrogen-bond donors (Lipinski definition) is 2. The first-order valence-electron chi connectivity index (χ1n) is 5.48. The van der Waals surface area contributed by atoms with E-state index in [0.717, 1.165) is 5.69 Å². The number of sulfonamides is 1. The van der Waals surface area contributed by atoms with Gasteiger partial charge in [-0.15, -0.1) is 0 Å². The normalized spacial score (nSPS) is 15.9. The lowest BCUT2D eigenvalue weighted by Gasteiger charge is -2.24. The van der Waals surface area contributed by atoms with Crippen LogP contribution in [0.3, 0.4) is 0 Å². The number of aromatic nitrogens is 1. The van der Waals surface area contributed by atoms with Gasteiger partial charge in [0.05, 0.1) is 0 Å². The summed E-state index contributed by atoms with van der Waals surface area (Å²) < 4.78 is 22.2. The fourth-order valence-corrected chi connectivity index (χ4v) is 2.43. The van der Waals surface area contributed by atoms with E-state index in [9.17, 15) is 8.42 Å². The molecular formula is C11H19N3O2S. The third-order valence-corrected chi connectivity index (χ3v) is 3.61. The molecule has 5 nitrogen and oxygen atoms in total. The van der Waals surface area contributed by atoms with Gasteiger partial charge < -0.3 is 5.73 Å². The molecule has 0 aliphatic heterocycles. The van der Waals surface area contributed by atoms with Crippen molar-refractivity contribution in [2.45, 2.75) is 37.6 Å². The Balaban J connectivity index is 3.09. The predicted molar refractivity (Wildman–Crippen MR) is 66.8 cm³/mol.